The molecule has 0 atom stereocenters. The summed E-state index contributed by atoms with van der Waals surface area (Å²) in [5, 5.41) is 3.29. The molecule has 2 rings (SSSR count). The van der Waals surface area contributed by atoms with Crippen LogP contribution >= 0.6 is 11.8 Å². The molecule has 0 amide bonds. The maximum absolute atomic E-state index is 12.1. The van der Waals surface area contributed by atoms with Crippen LogP contribution in [-0.2, 0) is 12.3 Å². The number of rotatable bonds is 7. The minimum absolute atomic E-state index is 0.195. The fraction of sp³-hybridized carbons (Fsp3) is 0.375. The van der Waals surface area contributed by atoms with Gasteiger partial charge in [0.15, 0.2) is 0 Å². The Morgan fingerprint density at radius 2 is 1.90 bits per heavy atom. The van der Waals surface area contributed by atoms with Gasteiger partial charge in [0.25, 0.3) is 5.76 Å². The van der Waals surface area contributed by atoms with Crippen molar-refractivity contribution in [1.29, 1.82) is 0 Å². The molecule has 2 nitrogen and oxygen atoms in total. The van der Waals surface area contributed by atoms with Gasteiger partial charge in [-0.25, -0.2) is 0 Å². The van der Waals surface area contributed by atoms with Crippen LogP contribution < -0.4 is 5.32 Å². The summed E-state index contributed by atoms with van der Waals surface area (Å²) in [4.78, 5) is 0. The van der Waals surface area contributed by atoms with Gasteiger partial charge in [-0.05, 0) is 35.7 Å². The Balaban J connectivity index is 1.89. The summed E-state index contributed by atoms with van der Waals surface area (Å²) < 4.78 is 29.7. The Morgan fingerprint density at radius 3 is 2.62 bits per heavy atom. The number of furan rings is 1. The molecule has 0 aliphatic carbocycles. The molecule has 0 fully saturated rings. The molecule has 1 heterocycles. The van der Waals surface area contributed by atoms with Crippen LogP contribution in [0.2, 0.25) is 0 Å². The van der Waals surface area contributed by atoms with E-state index >= 15 is 0 Å². The number of benzene rings is 1. The Hall–Kier alpha value is -1.49. The molecule has 1 aromatic carbocycles. The van der Waals surface area contributed by atoms with Gasteiger partial charge in [0.05, 0.1) is 12.3 Å². The highest BCUT2D eigenvalue weighted by Crippen LogP contribution is 2.22. The number of nitrogens with one attached hydrogen (secondary N) is 1. The lowest BCUT2D eigenvalue weighted by Crippen LogP contribution is -1.99. The lowest BCUT2D eigenvalue weighted by atomic mass is 10.0. The van der Waals surface area contributed by atoms with E-state index in [4.69, 9.17) is 4.42 Å². The minimum Gasteiger partial charge on any atom is -0.463 e. The largest absolute Gasteiger partial charge is 0.463 e. The number of thioether (sulfide) groups is 1. The average Bonchev–Trinajstić information content (AvgIpc) is 2.91. The summed E-state index contributed by atoms with van der Waals surface area (Å²) in [6, 6.07) is 11.8. The zero-order valence-electron chi connectivity index (χ0n) is 12.1. The van der Waals surface area contributed by atoms with Crippen molar-refractivity contribution >= 4 is 17.4 Å². The van der Waals surface area contributed by atoms with Gasteiger partial charge < -0.3 is 9.73 Å². The standard InChI is InChI=1S/C16H19F2NOS/c1-11(2)12-4-3-5-13(8-12)19-9-14-6-7-15(20-14)10-21-16(17)18/h3-8,11,16,19H,9-10H2,1-2H3. The van der Waals surface area contributed by atoms with Crippen LogP contribution in [0.5, 0.6) is 0 Å². The summed E-state index contributed by atoms with van der Waals surface area (Å²) in [5.74, 6) is -0.368. The van der Waals surface area contributed by atoms with Crippen molar-refractivity contribution in [3.8, 4) is 0 Å². The number of hydrogen-bond acceptors (Lipinski definition) is 3. The van der Waals surface area contributed by atoms with E-state index in [1.165, 1.54) is 5.56 Å². The first-order chi connectivity index (χ1) is 10.0. The van der Waals surface area contributed by atoms with Gasteiger partial charge in [-0.3, -0.25) is 0 Å². The predicted molar refractivity (Wildman–Crippen MR) is 83.9 cm³/mol. The first kappa shape index (κ1) is 15.9. The van der Waals surface area contributed by atoms with Crippen LogP contribution in [0, 0.1) is 0 Å². The Kier molecular flexibility index (Phi) is 5.67. The van der Waals surface area contributed by atoms with Crippen molar-refractivity contribution in [2.24, 2.45) is 0 Å². The summed E-state index contributed by atoms with van der Waals surface area (Å²) in [5.41, 5.74) is 2.30. The summed E-state index contributed by atoms with van der Waals surface area (Å²) >= 11 is 0.570. The topological polar surface area (TPSA) is 25.2 Å². The predicted octanol–water partition coefficient (Wildman–Crippen LogP) is 5.47. The van der Waals surface area contributed by atoms with Crippen LogP contribution in [0.15, 0.2) is 40.8 Å². The highest BCUT2D eigenvalue weighted by Gasteiger charge is 2.07. The van der Waals surface area contributed by atoms with Gasteiger partial charge in [0.1, 0.15) is 11.5 Å². The third kappa shape index (κ3) is 5.08. The molecule has 0 saturated carbocycles. The van der Waals surface area contributed by atoms with Crippen LogP contribution in [0.1, 0.15) is 36.8 Å². The van der Waals surface area contributed by atoms with Gasteiger partial charge in [0, 0.05) is 5.69 Å². The number of alkyl halides is 2. The second-order valence-corrected chi connectivity index (χ2v) is 6.05. The van der Waals surface area contributed by atoms with Crippen molar-refractivity contribution in [2.45, 2.75) is 37.8 Å². The zero-order chi connectivity index (χ0) is 15.2. The third-order valence-corrected chi connectivity index (χ3v) is 3.79. The SMILES string of the molecule is CC(C)c1cccc(NCc2ccc(CSC(F)F)o2)c1. The van der Waals surface area contributed by atoms with Crippen molar-refractivity contribution < 1.29 is 13.2 Å². The van der Waals surface area contributed by atoms with E-state index in [9.17, 15) is 8.78 Å². The van der Waals surface area contributed by atoms with E-state index in [1.54, 1.807) is 6.07 Å². The zero-order valence-corrected chi connectivity index (χ0v) is 12.9. The Morgan fingerprint density at radius 1 is 1.14 bits per heavy atom. The summed E-state index contributed by atoms with van der Waals surface area (Å²) in [6.45, 7) is 4.85. The highest BCUT2D eigenvalue weighted by atomic mass is 32.2. The van der Waals surface area contributed by atoms with Gasteiger partial charge in [0.2, 0.25) is 0 Å². The molecule has 21 heavy (non-hydrogen) atoms. The van der Waals surface area contributed by atoms with E-state index in [0.717, 1.165) is 11.4 Å². The molecule has 0 aliphatic rings. The fourth-order valence-electron chi connectivity index (χ4n) is 1.94. The monoisotopic (exact) mass is 311 g/mol. The van der Waals surface area contributed by atoms with E-state index in [2.05, 4.69) is 31.3 Å². The van der Waals surface area contributed by atoms with Crippen molar-refractivity contribution in [2.75, 3.05) is 5.32 Å². The molecule has 0 unspecified atom stereocenters. The smallest absolute Gasteiger partial charge is 0.284 e. The van der Waals surface area contributed by atoms with Crippen LogP contribution in [0.3, 0.4) is 0 Å². The van der Waals surface area contributed by atoms with Gasteiger partial charge >= 0.3 is 0 Å². The van der Waals surface area contributed by atoms with Crippen molar-refractivity contribution in [1.82, 2.24) is 0 Å². The number of anilines is 1. The molecule has 0 radical (unpaired) electrons. The molecule has 2 aromatic rings. The van der Waals surface area contributed by atoms with Crippen molar-refractivity contribution in [3.63, 3.8) is 0 Å². The normalized spacial score (nSPS) is 11.3. The fourth-order valence-corrected chi connectivity index (χ4v) is 2.38. The average molecular weight is 311 g/mol. The second-order valence-electron chi connectivity index (χ2n) is 5.07. The molecule has 5 heteroatoms. The summed E-state index contributed by atoms with van der Waals surface area (Å²) in [6.07, 6.45) is 0. The van der Waals surface area contributed by atoms with Crippen LogP contribution in [0.25, 0.3) is 0 Å². The minimum atomic E-state index is -2.37. The Labute approximate surface area is 127 Å². The molecule has 114 valence electrons. The van der Waals surface area contributed by atoms with E-state index in [-0.39, 0.29) is 5.75 Å². The molecule has 1 N–H and O–H groups in total. The maximum atomic E-state index is 12.1. The second kappa shape index (κ2) is 7.50. The Bertz CT molecular complexity index is 569. The van der Waals surface area contributed by atoms with Crippen LogP contribution in [-0.4, -0.2) is 5.76 Å². The first-order valence-corrected chi connectivity index (χ1v) is 7.90. The lowest BCUT2D eigenvalue weighted by Gasteiger charge is -2.09. The quantitative estimate of drug-likeness (QED) is 0.734. The molecular formula is C16H19F2NOS. The highest BCUT2D eigenvalue weighted by molar-refractivity contribution is 7.98. The molecule has 0 aliphatic heterocycles. The first-order valence-electron chi connectivity index (χ1n) is 6.86. The van der Waals surface area contributed by atoms with Crippen LogP contribution in [0.4, 0.5) is 14.5 Å². The van der Waals surface area contributed by atoms with Gasteiger partial charge in [-0.1, -0.05) is 37.7 Å². The maximum Gasteiger partial charge on any atom is 0.284 e. The van der Waals surface area contributed by atoms with E-state index in [1.807, 2.05) is 18.2 Å². The lowest BCUT2D eigenvalue weighted by molar-refractivity contribution is 0.251. The van der Waals surface area contributed by atoms with Crippen molar-refractivity contribution in [3.05, 3.63) is 53.5 Å². The molecular weight excluding hydrogens is 292 g/mol. The summed E-state index contributed by atoms with van der Waals surface area (Å²) in [7, 11) is 0. The molecule has 0 bridgehead atoms. The third-order valence-electron chi connectivity index (χ3n) is 3.09. The molecule has 1 aromatic heterocycles. The molecule has 0 saturated heterocycles. The molecule has 0 spiro atoms. The van der Waals surface area contributed by atoms with E-state index in [0.29, 0.717) is 30.0 Å². The van der Waals surface area contributed by atoms with Gasteiger partial charge in [-0.2, -0.15) is 8.78 Å². The number of hydrogen-bond donors (Lipinski definition) is 1. The van der Waals surface area contributed by atoms with E-state index < -0.39 is 5.76 Å². The number of halogens is 2. The van der Waals surface area contributed by atoms with Gasteiger partial charge in [-0.15, -0.1) is 0 Å².